The molecule has 3 nitrogen and oxygen atoms in total. The number of thiophene rings is 1. The van der Waals surface area contributed by atoms with Crippen LogP contribution in [0.1, 0.15) is 16.8 Å². The van der Waals surface area contributed by atoms with Gasteiger partial charge in [0.05, 0.1) is 5.56 Å². The Kier molecular flexibility index (Phi) is 5.17. The van der Waals surface area contributed by atoms with E-state index in [1.165, 1.54) is 5.57 Å². The van der Waals surface area contributed by atoms with Gasteiger partial charge in [0.1, 0.15) is 0 Å². The SMILES string of the molecule is Cl.O=C(NCC1=CCNCC1)c1csc2ccccc12. The molecule has 2 heterocycles. The van der Waals surface area contributed by atoms with Gasteiger partial charge in [0, 0.05) is 28.6 Å². The van der Waals surface area contributed by atoms with Crippen molar-refractivity contribution in [3.05, 3.63) is 46.9 Å². The lowest BCUT2D eigenvalue weighted by Crippen LogP contribution is -2.29. The third-order valence-electron chi connectivity index (χ3n) is 3.36. The van der Waals surface area contributed by atoms with E-state index in [0.717, 1.165) is 35.2 Å². The quantitative estimate of drug-likeness (QED) is 0.856. The van der Waals surface area contributed by atoms with Gasteiger partial charge in [0.25, 0.3) is 5.91 Å². The predicted octanol–water partition coefficient (Wildman–Crippen LogP) is 2.97. The molecule has 0 saturated carbocycles. The van der Waals surface area contributed by atoms with Crippen LogP contribution in [0.5, 0.6) is 0 Å². The molecular formula is C15H17ClN2OS. The average molecular weight is 309 g/mol. The first-order valence-electron chi connectivity index (χ1n) is 6.47. The van der Waals surface area contributed by atoms with Crippen LogP contribution in [0.3, 0.4) is 0 Å². The van der Waals surface area contributed by atoms with Crippen LogP contribution in [0.2, 0.25) is 0 Å². The van der Waals surface area contributed by atoms with Gasteiger partial charge in [-0.2, -0.15) is 0 Å². The molecule has 20 heavy (non-hydrogen) atoms. The standard InChI is InChI=1S/C15H16N2OS.ClH/c18-15(17-9-11-5-7-16-8-6-11)13-10-19-14-4-2-1-3-12(13)14;/h1-5,10,16H,6-9H2,(H,17,18);1H. The summed E-state index contributed by atoms with van der Waals surface area (Å²) < 4.78 is 1.16. The van der Waals surface area contributed by atoms with Crippen molar-refractivity contribution in [2.24, 2.45) is 0 Å². The monoisotopic (exact) mass is 308 g/mol. The molecule has 2 N–H and O–H groups in total. The second kappa shape index (κ2) is 6.88. The molecule has 1 aliphatic rings. The zero-order valence-electron chi connectivity index (χ0n) is 11.0. The maximum Gasteiger partial charge on any atom is 0.253 e. The minimum Gasteiger partial charge on any atom is -0.348 e. The number of benzene rings is 1. The summed E-state index contributed by atoms with van der Waals surface area (Å²) in [7, 11) is 0. The molecular weight excluding hydrogens is 292 g/mol. The number of carbonyl (C=O) groups excluding carboxylic acids is 1. The van der Waals surface area contributed by atoms with Crippen molar-refractivity contribution in [2.45, 2.75) is 6.42 Å². The van der Waals surface area contributed by atoms with E-state index in [4.69, 9.17) is 0 Å². The average Bonchev–Trinajstić information content (AvgIpc) is 2.90. The lowest BCUT2D eigenvalue weighted by atomic mass is 10.1. The number of carbonyl (C=O) groups is 1. The van der Waals surface area contributed by atoms with Crippen molar-refractivity contribution < 1.29 is 4.79 Å². The lowest BCUT2D eigenvalue weighted by molar-refractivity contribution is 0.0958. The Morgan fingerprint density at radius 2 is 2.20 bits per heavy atom. The van der Waals surface area contributed by atoms with Crippen LogP contribution in [-0.4, -0.2) is 25.5 Å². The molecule has 1 aromatic heterocycles. The molecule has 0 spiro atoms. The van der Waals surface area contributed by atoms with Crippen molar-refractivity contribution >= 4 is 39.7 Å². The number of hydrogen-bond acceptors (Lipinski definition) is 3. The highest BCUT2D eigenvalue weighted by molar-refractivity contribution is 7.17. The van der Waals surface area contributed by atoms with E-state index in [9.17, 15) is 4.79 Å². The fourth-order valence-electron chi connectivity index (χ4n) is 2.27. The van der Waals surface area contributed by atoms with Gasteiger partial charge in [-0.25, -0.2) is 0 Å². The van der Waals surface area contributed by atoms with E-state index in [2.05, 4.69) is 16.7 Å². The molecule has 1 aliphatic heterocycles. The Morgan fingerprint density at radius 3 is 3.00 bits per heavy atom. The Morgan fingerprint density at radius 1 is 1.35 bits per heavy atom. The summed E-state index contributed by atoms with van der Waals surface area (Å²) in [6.45, 7) is 2.57. The van der Waals surface area contributed by atoms with Crippen molar-refractivity contribution in [3.63, 3.8) is 0 Å². The third kappa shape index (κ3) is 3.20. The molecule has 106 valence electrons. The Labute approximate surface area is 128 Å². The molecule has 0 fully saturated rings. The van der Waals surface area contributed by atoms with Crippen LogP contribution < -0.4 is 10.6 Å². The highest BCUT2D eigenvalue weighted by atomic mass is 35.5. The van der Waals surface area contributed by atoms with Gasteiger partial charge in [-0.3, -0.25) is 4.79 Å². The number of rotatable bonds is 3. The third-order valence-corrected chi connectivity index (χ3v) is 4.32. The topological polar surface area (TPSA) is 41.1 Å². The van der Waals surface area contributed by atoms with E-state index in [-0.39, 0.29) is 18.3 Å². The predicted molar refractivity (Wildman–Crippen MR) is 87.0 cm³/mol. The minimum absolute atomic E-state index is 0. The lowest BCUT2D eigenvalue weighted by Gasteiger charge is -2.14. The van der Waals surface area contributed by atoms with Gasteiger partial charge >= 0.3 is 0 Å². The first kappa shape index (κ1) is 15.0. The van der Waals surface area contributed by atoms with E-state index < -0.39 is 0 Å². The maximum absolute atomic E-state index is 12.2. The van der Waals surface area contributed by atoms with Gasteiger partial charge in [-0.05, 0) is 19.0 Å². The summed E-state index contributed by atoms with van der Waals surface area (Å²) in [6, 6.07) is 8.03. The second-order valence-electron chi connectivity index (χ2n) is 4.64. The smallest absolute Gasteiger partial charge is 0.253 e. The van der Waals surface area contributed by atoms with Gasteiger partial charge < -0.3 is 10.6 Å². The fourth-order valence-corrected chi connectivity index (χ4v) is 3.21. The van der Waals surface area contributed by atoms with Crippen molar-refractivity contribution in [3.8, 4) is 0 Å². The summed E-state index contributed by atoms with van der Waals surface area (Å²) in [5.41, 5.74) is 2.10. The molecule has 2 aromatic rings. The zero-order valence-corrected chi connectivity index (χ0v) is 12.7. The second-order valence-corrected chi connectivity index (χ2v) is 5.56. The number of hydrogen-bond donors (Lipinski definition) is 2. The van der Waals surface area contributed by atoms with Crippen molar-refractivity contribution in [1.82, 2.24) is 10.6 Å². The molecule has 0 saturated heterocycles. The van der Waals surface area contributed by atoms with Gasteiger partial charge in [0.15, 0.2) is 0 Å². The van der Waals surface area contributed by atoms with Crippen LogP contribution in [0.15, 0.2) is 41.3 Å². The summed E-state index contributed by atoms with van der Waals surface area (Å²) in [5.74, 6) is 0.0249. The summed E-state index contributed by atoms with van der Waals surface area (Å²) in [4.78, 5) is 12.2. The normalized spacial score (nSPS) is 14.5. The summed E-state index contributed by atoms with van der Waals surface area (Å²) in [6.07, 6.45) is 3.18. The van der Waals surface area contributed by atoms with E-state index in [0.29, 0.717) is 6.54 Å². The van der Waals surface area contributed by atoms with Gasteiger partial charge in [-0.1, -0.05) is 29.8 Å². The fraction of sp³-hybridized carbons (Fsp3) is 0.267. The maximum atomic E-state index is 12.2. The van der Waals surface area contributed by atoms with Crippen LogP contribution in [0.25, 0.3) is 10.1 Å². The number of nitrogens with one attached hydrogen (secondary N) is 2. The number of halogens is 1. The highest BCUT2D eigenvalue weighted by Gasteiger charge is 2.12. The molecule has 3 rings (SSSR count). The Balaban J connectivity index is 0.00000147. The molecule has 0 unspecified atom stereocenters. The summed E-state index contributed by atoms with van der Waals surface area (Å²) >= 11 is 1.62. The van der Waals surface area contributed by atoms with Crippen LogP contribution in [0.4, 0.5) is 0 Å². The van der Waals surface area contributed by atoms with Crippen LogP contribution in [0, 0.1) is 0 Å². The van der Waals surface area contributed by atoms with Crippen molar-refractivity contribution in [1.29, 1.82) is 0 Å². The Bertz CT molecular complexity index is 636. The van der Waals surface area contributed by atoms with Crippen LogP contribution in [-0.2, 0) is 0 Å². The van der Waals surface area contributed by atoms with Gasteiger partial charge in [-0.15, -0.1) is 23.7 Å². The molecule has 0 radical (unpaired) electrons. The van der Waals surface area contributed by atoms with Gasteiger partial charge in [0.2, 0.25) is 0 Å². The van der Waals surface area contributed by atoms with Crippen molar-refractivity contribution in [2.75, 3.05) is 19.6 Å². The first-order chi connectivity index (χ1) is 9.34. The highest BCUT2D eigenvalue weighted by Crippen LogP contribution is 2.25. The molecule has 5 heteroatoms. The molecule has 0 atom stereocenters. The summed E-state index contributed by atoms with van der Waals surface area (Å²) in [5, 5.41) is 9.27. The minimum atomic E-state index is 0. The largest absolute Gasteiger partial charge is 0.348 e. The van der Waals surface area contributed by atoms with E-state index in [1.54, 1.807) is 11.3 Å². The molecule has 0 aliphatic carbocycles. The first-order valence-corrected chi connectivity index (χ1v) is 7.35. The van der Waals surface area contributed by atoms with Crippen LogP contribution >= 0.6 is 23.7 Å². The number of amides is 1. The van der Waals surface area contributed by atoms with E-state index >= 15 is 0 Å². The number of fused-ring (bicyclic) bond motifs is 1. The Hall–Kier alpha value is -1.36. The molecule has 1 amide bonds. The van der Waals surface area contributed by atoms with E-state index in [1.807, 2.05) is 29.6 Å². The molecule has 0 bridgehead atoms. The molecule has 1 aromatic carbocycles. The zero-order chi connectivity index (χ0) is 13.1.